The predicted octanol–water partition coefficient (Wildman–Crippen LogP) is 4.75. The lowest BCUT2D eigenvalue weighted by Crippen LogP contribution is -2.20. The van der Waals surface area contributed by atoms with Gasteiger partial charge in [0.1, 0.15) is 11.6 Å². The molecule has 1 aromatic heterocycles. The Bertz CT molecular complexity index is 1000. The van der Waals surface area contributed by atoms with E-state index in [1.165, 1.54) is 12.8 Å². The summed E-state index contributed by atoms with van der Waals surface area (Å²) < 4.78 is 5.32. The van der Waals surface area contributed by atoms with E-state index in [1.807, 2.05) is 24.3 Å². The smallest absolute Gasteiger partial charge is 0.257 e. The molecule has 0 spiro atoms. The van der Waals surface area contributed by atoms with Crippen LogP contribution < -0.4 is 15.0 Å². The molecular weight excluding hydrogens is 362 g/mol. The number of carbonyl (C=O) groups is 1. The number of nitrogens with one attached hydrogen (secondary N) is 1. The predicted molar refractivity (Wildman–Crippen MR) is 109 cm³/mol. The Morgan fingerprint density at radius 3 is 2.63 bits per heavy atom. The minimum absolute atomic E-state index is 0.243. The molecule has 2 heterocycles. The standard InChI is InChI=1S/C21H20ClN3O2/c1-27-19-9-8-14(22)12-18(19)24-21(26)17-13-23-20(25-10-4-5-11-25)16-7-3-2-6-15(16)17/h2-3,6-9,12-13H,4-5,10-11H2,1H3,(H,24,26). The summed E-state index contributed by atoms with van der Waals surface area (Å²) in [7, 11) is 1.56. The van der Waals surface area contributed by atoms with Gasteiger partial charge >= 0.3 is 0 Å². The van der Waals surface area contributed by atoms with Crippen molar-refractivity contribution in [3.8, 4) is 5.75 Å². The van der Waals surface area contributed by atoms with Crippen molar-refractivity contribution in [1.29, 1.82) is 0 Å². The molecule has 1 N–H and O–H groups in total. The molecule has 4 rings (SSSR count). The molecule has 27 heavy (non-hydrogen) atoms. The van der Waals surface area contributed by atoms with Crippen LogP contribution in [0.4, 0.5) is 11.5 Å². The third kappa shape index (κ3) is 3.43. The molecule has 0 atom stereocenters. The fourth-order valence-corrected chi connectivity index (χ4v) is 3.68. The molecule has 1 aliphatic heterocycles. The summed E-state index contributed by atoms with van der Waals surface area (Å²) in [6.07, 6.45) is 4.00. The average Bonchev–Trinajstić information content (AvgIpc) is 3.22. The molecule has 5 nitrogen and oxygen atoms in total. The van der Waals surface area contributed by atoms with Crippen molar-refractivity contribution in [3.05, 3.63) is 59.2 Å². The molecule has 1 aliphatic rings. The molecule has 0 unspecified atom stereocenters. The summed E-state index contributed by atoms with van der Waals surface area (Å²) in [5, 5.41) is 5.30. The number of amides is 1. The molecular formula is C21H20ClN3O2. The van der Waals surface area contributed by atoms with Gasteiger partial charge in [0.15, 0.2) is 0 Å². The summed E-state index contributed by atoms with van der Waals surface area (Å²) in [5.41, 5.74) is 1.05. The van der Waals surface area contributed by atoms with Gasteiger partial charge < -0.3 is 15.0 Å². The summed E-state index contributed by atoms with van der Waals surface area (Å²) in [6, 6.07) is 13.0. The van der Waals surface area contributed by atoms with Crippen molar-refractivity contribution in [2.45, 2.75) is 12.8 Å². The van der Waals surface area contributed by atoms with Crippen molar-refractivity contribution in [2.24, 2.45) is 0 Å². The highest BCUT2D eigenvalue weighted by molar-refractivity contribution is 6.31. The lowest BCUT2D eigenvalue weighted by Gasteiger charge is -2.19. The Kier molecular flexibility index (Phi) is 4.86. The van der Waals surface area contributed by atoms with Crippen molar-refractivity contribution in [3.63, 3.8) is 0 Å². The summed E-state index contributed by atoms with van der Waals surface area (Å²) in [5.74, 6) is 1.26. The lowest BCUT2D eigenvalue weighted by molar-refractivity contribution is 0.102. The Balaban J connectivity index is 1.73. The fourth-order valence-electron chi connectivity index (χ4n) is 3.51. The third-order valence-corrected chi connectivity index (χ3v) is 5.07. The van der Waals surface area contributed by atoms with Crippen LogP contribution in [0.3, 0.4) is 0 Å². The number of pyridine rings is 1. The maximum absolute atomic E-state index is 13.0. The highest BCUT2D eigenvalue weighted by Gasteiger charge is 2.20. The second-order valence-corrected chi connectivity index (χ2v) is 6.97. The fraction of sp³-hybridized carbons (Fsp3) is 0.238. The second-order valence-electron chi connectivity index (χ2n) is 6.53. The van der Waals surface area contributed by atoms with Gasteiger partial charge in [0.2, 0.25) is 0 Å². The number of benzene rings is 2. The van der Waals surface area contributed by atoms with Crippen molar-refractivity contribution in [1.82, 2.24) is 4.98 Å². The molecule has 138 valence electrons. The van der Waals surface area contributed by atoms with Crippen LogP contribution in [0.25, 0.3) is 10.8 Å². The van der Waals surface area contributed by atoms with Gasteiger partial charge in [0, 0.05) is 29.7 Å². The van der Waals surface area contributed by atoms with Crippen LogP contribution in [0.15, 0.2) is 48.7 Å². The number of rotatable bonds is 4. The molecule has 0 aliphatic carbocycles. The highest BCUT2D eigenvalue weighted by Crippen LogP contribution is 2.31. The molecule has 0 saturated carbocycles. The van der Waals surface area contributed by atoms with Gasteiger partial charge in [0.25, 0.3) is 5.91 Å². The maximum atomic E-state index is 13.0. The Hall–Kier alpha value is -2.79. The zero-order chi connectivity index (χ0) is 18.8. The van der Waals surface area contributed by atoms with E-state index in [0.717, 1.165) is 29.7 Å². The maximum Gasteiger partial charge on any atom is 0.257 e. The Morgan fingerprint density at radius 2 is 1.89 bits per heavy atom. The minimum atomic E-state index is -0.243. The number of hydrogen-bond acceptors (Lipinski definition) is 4. The number of fused-ring (bicyclic) bond motifs is 1. The first-order chi connectivity index (χ1) is 13.2. The minimum Gasteiger partial charge on any atom is -0.495 e. The summed E-state index contributed by atoms with van der Waals surface area (Å²) >= 11 is 6.07. The van der Waals surface area contributed by atoms with Crippen molar-refractivity contribution >= 4 is 39.8 Å². The molecule has 1 saturated heterocycles. The number of anilines is 2. The quantitative estimate of drug-likeness (QED) is 0.708. The largest absolute Gasteiger partial charge is 0.495 e. The van der Waals surface area contributed by atoms with Crippen LogP contribution >= 0.6 is 11.6 Å². The monoisotopic (exact) mass is 381 g/mol. The van der Waals surface area contributed by atoms with Gasteiger partial charge in [-0.1, -0.05) is 35.9 Å². The molecule has 3 aromatic rings. The van der Waals surface area contributed by atoms with E-state index in [4.69, 9.17) is 16.3 Å². The molecule has 2 aromatic carbocycles. The average molecular weight is 382 g/mol. The van der Waals surface area contributed by atoms with Gasteiger partial charge in [-0.15, -0.1) is 0 Å². The van der Waals surface area contributed by atoms with Crippen LogP contribution in [0.2, 0.25) is 5.02 Å². The summed E-state index contributed by atoms with van der Waals surface area (Å²) in [4.78, 5) is 19.9. The molecule has 6 heteroatoms. The first-order valence-electron chi connectivity index (χ1n) is 8.95. The van der Waals surface area contributed by atoms with E-state index in [9.17, 15) is 4.79 Å². The van der Waals surface area contributed by atoms with Gasteiger partial charge in [-0.05, 0) is 36.4 Å². The first-order valence-corrected chi connectivity index (χ1v) is 9.33. The van der Waals surface area contributed by atoms with Gasteiger partial charge in [-0.25, -0.2) is 4.98 Å². The van der Waals surface area contributed by atoms with Gasteiger partial charge in [0.05, 0.1) is 18.4 Å². The number of halogens is 1. The lowest BCUT2D eigenvalue weighted by atomic mass is 10.1. The van der Waals surface area contributed by atoms with Crippen LogP contribution in [-0.2, 0) is 0 Å². The van der Waals surface area contributed by atoms with Crippen LogP contribution in [0, 0.1) is 0 Å². The van der Waals surface area contributed by atoms with Crippen LogP contribution in [0.1, 0.15) is 23.2 Å². The van der Waals surface area contributed by atoms with E-state index in [2.05, 4.69) is 15.2 Å². The third-order valence-electron chi connectivity index (χ3n) is 4.83. The molecule has 0 radical (unpaired) electrons. The van der Waals surface area contributed by atoms with Crippen LogP contribution in [0.5, 0.6) is 5.75 Å². The highest BCUT2D eigenvalue weighted by atomic mass is 35.5. The number of carbonyl (C=O) groups excluding carboxylic acids is 1. The van der Waals surface area contributed by atoms with E-state index in [1.54, 1.807) is 31.5 Å². The molecule has 1 fully saturated rings. The Labute approximate surface area is 162 Å². The van der Waals surface area contributed by atoms with E-state index < -0.39 is 0 Å². The topological polar surface area (TPSA) is 54.5 Å². The van der Waals surface area contributed by atoms with E-state index in [0.29, 0.717) is 22.0 Å². The first kappa shape index (κ1) is 17.6. The van der Waals surface area contributed by atoms with Crippen LogP contribution in [-0.4, -0.2) is 31.1 Å². The van der Waals surface area contributed by atoms with Gasteiger partial charge in [-0.2, -0.15) is 0 Å². The molecule has 1 amide bonds. The Morgan fingerprint density at radius 1 is 1.15 bits per heavy atom. The number of methoxy groups -OCH3 is 1. The van der Waals surface area contributed by atoms with Gasteiger partial charge in [-0.3, -0.25) is 4.79 Å². The SMILES string of the molecule is COc1ccc(Cl)cc1NC(=O)c1cnc(N2CCCC2)c2ccccc12. The second kappa shape index (κ2) is 7.45. The van der Waals surface area contributed by atoms with Crippen molar-refractivity contribution < 1.29 is 9.53 Å². The van der Waals surface area contributed by atoms with E-state index in [-0.39, 0.29) is 5.91 Å². The number of hydrogen-bond donors (Lipinski definition) is 1. The normalized spacial score (nSPS) is 13.8. The zero-order valence-corrected chi connectivity index (χ0v) is 15.8. The van der Waals surface area contributed by atoms with Crippen molar-refractivity contribution in [2.75, 3.05) is 30.4 Å². The zero-order valence-electron chi connectivity index (χ0n) is 15.0. The summed E-state index contributed by atoms with van der Waals surface area (Å²) in [6.45, 7) is 2.00. The number of ether oxygens (including phenoxy) is 1. The number of aromatic nitrogens is 1. The van der Waals surface area contributed by atoms with E-state index >= 15 is 0 Å². The molecule has 0 bridgehead atoms. The number of nitrogens with zero attached hydrogens (tertiary/aromatic N) is 2.